The number of ether oxygens (including phenoxy) is 1. The molecule has 1 aliphatic heterocycles. The van der Waals surface area contributed by atoms with Crippen LogP contribution in [-0.4, -0.2) is 50.0 Å². The molecule has 3 aromatic rings. The highest BCUT2D eigenvalue weighted by Crippen LogP contribution is 2.34. The van der Waals surface area contributed by atoms with E-state index in [0.717, 1.165) is 12.1 Å². The highest BCUT2D eigenvalue weighted by Gasteiger charge is 2.43. The van der Waals surface area contributed by atoms with Gasteiger partial charge in [-0.05, 0) is 38.0 Å². The highest BCUT2D eigenvalue weighted by atomic mass is 19.1. The first kappa shape index (κ1) is 22.3. The zero-order chi connectivity index (χ0) is 22.7. The molecule has 9 heteroatoms. The maximum atomic E-state index is 14.7. The number of nitrogens with zero attached hydrogens (tertiary/aromatic N) is 4. The van der Waals surface area contributed by atoms with Gasteiger partial charge in [0.25, 0.3) is 0 Å². The number of aliphatic hydroxyl groups is 1. The lowest BCUT2D eigenvalue weighted by atomic mass is 9.84. The van der Waals surface area contributed by atoms with E-state index in [1.165, 1.54) is 35.5 Å². The van der Waals surface area contributed by atoms with E-state index in [4.69, 9.17) is 4.74 Å². The van der Waals surface area contributed by atoms with E-state index in [-0.39, 0.29) is 24.0 Å². The molecule has 2 heterocycles. The summed E-state index contributed by atoms with van der Waals surface area (Å²) in [6, 6.07) is 8.70. The van der Waals surface area contributed by atoms with E-state index in [1.807, 2.05) is 11.8 Å². The monoisotopic (exact) mass is 446 g/mol. The molecule has 4 rings (SSSR count). The van der Waals surface area contributed by atoms with E-state index in [0.29, 0.717) is 31.7 Å². The predicted molar refractivity (Wildman–Crippen MR) is 111 cm³/mol. The second-order valence-corrected chi connectivity index (χ2v) is 8.13. The van der Waals surface area contributed by atoms with Gasteiger partial charge in [0.15, 0.2) is 0 Å². The third-order valence-corrected chi connectivity index (χ3v) is 6.08. The van der Waals surface area contributed by atoms with Gasteiger partial charge in [0, 0.05) is 36.8 Å². The van der Waals surface area contributed by atoms with Gasteiger partial charge in [-0.1, -0.05) is 12.1 Å². The van der Waals surface area contributed by atoms with Crippen molar-refractivity contribution in [2.24, 2.45) is 0 Å². The minimum atomic E-state index is -1.68. The van der Waals surface area contributed by atoms with Gasteiger partial charge in [-0.2, -0.15) is 5.10 Å². The quantitative estimate of drug-likeness (QED) is 0.602. The maximum absolute atomic E-state index is 14.7. The summed E-state index contributed by atoms with van der Waals surface area (Å²) in [4.78, 5) is 5.94. The first-order valence-electron chi connectivity index (χ1n) is 10.5. The molecule has 2 aromatic carbocycles. The van der Waals surface area contributed by atoms with Crippen LogP contribution >= 0.6 is 0 Å². The fourth-order valence-corrected chi connectivity index (χ4v) is 4.26. The van der Waals surface area contributed by atoms with E-state index in [2.05, 4.69) is 10.1 Å². The number of piperidine rings is 1. The van der Waals surface area contributed by atoms with Crippen molar-refractivity contribution in [3.63, 3.8) is 0 Å². The van der Waals surface area contributed by atoms with E-state index >= 15 is 0 Å². The van der Waals surface area contributed by atoms with Crippen LogP contribution in [-0.2, 0) is 12.1 Å². The number of hydrogen-bond acceptors (Lipinski definition) is 5. The zero-order valence-corrected chi connectivity index (χ0v) is 17.7. The minimum absolute atomic E-state index is 0.0000317. The van der Waals surface area contributed by atoms with Crippen LogP contribution in [0.5, 0.6) is 5.75 Å². The van der Waals surface area contributed by atoms with Gasteiger partial charge >= 0.3 is 0 Å². The molecule has 0 unspecified atom stereocenters. The van der Waals surface area contributed by atoms with Gasteiger partial charge in [0.05, 0.1) is 6.54 Å². The fourth-order valence-electron chi connectivity index (χ4n) is 4.26. The second-order valence-electron chi connectivity index (χ2n) is 8.13. The molecule has 170 valence electrons. The molecule has 6 nitrogen and oxygen atoms in total. The zero-order valence-electron chi connectivity index (χ0n) is 17.7. The maximum Gasteiger partial charge on any atom is 0.137 e. The number of rotatable bonds is 7. The van der Waals surface area contributed by atoms with Crippen LogP contribution in [0.2, 0.25) is 0 Å². The number of aromatic nitrogens is 3. The Kier molecular flexibility index (Phi) is 6.48. The highest BCUT2D eigenvalue weighted by molar-refractivity contribution is 5.27. The van der Waals surface area contributed by atoms with Crippen molar-refractivity contribution in [2.75, 3.05) is 13.1 Å². The van der Waals surface area contributed by atoms with Gasteiger partial charge in [-0.15, -0.1) is 0 Å². The average Bonchev–Trinajstić information content (AvgIpc) is 3.26. The minimum Gasteiger partial charge on any atom is -0.490 e. The lowest BCUT2D eigenvalue weighted by molar-refractivity contribution is -0.0747. The summed E-state index contributed by atoms with van der Waals surface area (Å²) in [7, 11) is 0. The van der Waals surface area contributed by atoms with Crippen LogP contribution in [0.15, 0.2) is 55.1 Å². The lowest BCUT2D eigenvalue weighted by Gasteiger charge is -2.44. The topological polar surface area (TPSA) is 63.4 Å². The first-order chi connectivity index (χ1) is 15.3. The summed E-state index contributed by atoms with van der Waals surface area (Å²) in [5.41, 5.74) is -1.68. The summed E-state index contributed by atoms with van der Waals surface area (Å²) in [5.74, 6) is -1.40. The van der Waals surface area contributed by atoms with Gasteiger partial charge < -0.3 is 9.84 Å². The van der Waals surface area contributed by atoms with Crippen LogP contribution < -0.4 is 4.74 Å². The molecule has 2 atom stereocenters. The normalized spacial score (nSPS) is 18.3. The molecule has 0 bridgehead atoms. The van der Waals surface area contributed by atoms with Crippen LogP contribution in [0.25, 0.3) is 0 Å². The van der Waals surface area contributed by atoms with Crippen molar-refractivity contribution in [3.05, 3.63) is 78.1 Å². The van der Waals surface area contributed by atoms with Crippen LogP contribution in [0.3, 0.4) is 0 Å². The van der Waals surface area contributed by atoms with Gasteiger partial charge in [0.1, 0.15) is 47.6 Å². The molecule has 1 aliphatic rings. The Balaban J connectivity index is 1.51. The standard InChI is InChI=1S/C23H25F3N4O2/c1-16(29-9-7-19(8-10-29)32-20-4-2-3-17(24)11-20)23(31,13-30-15-27-14-28-30)21-6-5-18(25)12-22(21)26/h2-6,11-12,14-16,19,31H,7-10,13H2,1H3/t16-,23-/m1/s1. The van der Waals surface area contributed by atoms with Gasteiger partial charge in [0.2, 0.25) is 0 Å². The molecule has 1 fully saturated rings. The lowest BCUT2D eigenvalue weighted by Crippen LogP contribution is -2.54. The molecule has 1 aromatic heterocycles. The molecule has 1 N–H and O–H groups in total. The van der Waals surface area contributed by atoms with Crippen molar-refractivity contribution in [3.8, 4) is 5.75 Å². The molecule has 0 amide bonds. The average molecular weight is 446 g/mol. The Bertz CT molecular complexity index is 1040. The third kappa shape index (κ3) is 4.78. The molecule has 0 radical (unpaired) electrons. The Morgan fingerprint density at radius 3 is 2.53 bits per heavy atom. The van der Waals surface area contributed by atoms with Crippen molar-refractivity contribution < 1.29 is 23.0 Å². The van der Waals surface area contributed by atoms with Crippen LogP contribution in [0.4, 0.5) is 13.2 Å². The summed E-state index contributed by atoms with van der Waals surface area (Å²) in [5, 5.41) is 15.8. The Labute approximate surface area is 184 Å². The van der Waals surface area contributed by atoms with E-state index in [9.17, 15) is 18.3 Å². The second kappa shape index (κ2) is 9.30. The summed E-state index contributed by atoms with van der Waals surface area (Å²) in [6.07, 6.45) is 4.00. The van der Waals surface area contributed by atoms with Gasteiger partial charge in [-0.25, -0.2) is 22.8 Å². The Morgan fingerprint density at radius 1 is 1.12 bits per heavy atom. The van der Waals surface area contributed by atoms with E-state index < -0.39 is 23.3 Å². The van der Waals surface area contributed by atoms with Crippen molar-refractivity contribution in [1.82, 2.24) is 19.7 Å². The molecular weight excluding hydrogens is 421 g/mol. The first-order valence-corrected chi connectivity index (χ1v) is 10.5. The smallest absolute Gasteiger partial charge is 0.137 e. The largest absolute Gasteiger partial charge is 0.490 e. The Morgan fingerprint density at radius 2 is 1.88 bits per heavy atom. The molecule has 32 heavy (non-hydrogen) atoms. The predicted octanol–water partition coefficient (Wildman–Crippen LogP) is 3.52. The molecular formula is C23H25F3N4O2. The van der Waals surface area contributed by atoms with Crippen molar-refractivity contribution in [1.29, 1.82) is 0 Å². The molecule has 0 spiro atoms. The third-order valence-electron chi connectivity index (χ3n) is 6.08. The molecule has 0 aliphatic carbocycles. The van der Waals surface area contributed by atoms with Crippen molar-refractivity contribution in [2.45, 2.75) is 44.1 Å². The fraction of sp³-hybridized carbons (Fsp3) is 0.391. The molecule has 0 saturated carbocycles. The number of likely N-dealkylation sites (tertiary alicyclic amines) is 1. The number of benzene rings is 2. The van der Waals surface area contributed by atoms with Crippen molar-refractivity contribution >= 4 is 0 Å². The SMILES string of the molecule is C[C@@H](N1CCC(Oc2cccc(F)c2)CC1)[C@](O)(Cn1cncn1)c1ccc(F)cc1F. The number of halogens is 3. The number of hydrogen-bond donors (Lipinski definition) is 1. The van der Waals surface area contributed by atoms with Crippen LogP contribution in [0, 0.1) is 17.5 Å². The summed E-state index contributed by atoms with van der Waals surface area (Å²) >= 11 is 0. The van der Waals surface area contributed by atoms with Gasteiger partial charge in [-0.3, -0.25) is 4.90 Å². The summed E-state index contributed by atoms with van der Waals surface area (Å²) in [6.45, 7) is 2.94. The van der Waals surface area contributed by atoms with E-state index in [1.54, 1.807) is 12.1 Å². The Hall–Kier alpha value is -2.91. The van der Waals surface area contributed by atoms with Crippen LogP contribution in [0.1, 0.15) is 25.3 Å². The summed E-state index contributed by atoms with van der Waals surface area (Å²) < 4.78 is 49.0. The molecule has 1 saturated heterocycles.